The second kappa shape index (κ2) is 6.97. The van der Waals surface area contributed by atoms with Gasteiger partial charge in [-0.2, -0.15) is 0 Å². The van der Waals surface area contributed by atoms with Gasteiger partial charge in [-0.15, -0.1) is 0 Å². The molecule has 0 aliphatic carbocycles. The van der Waals surface area contributed by atoms with E-state index in [0.717, 1.165) is 0 Å². The first-order chi connectivity index (χ1) is 10.8. The number of cyclic esters (lactones) is 1. The van der Waals surface area contributed by atoms with Gasteiger partial charge in [-0.05, 0) is 0 Å². The first kappa shape index (κ1) is 17.9. The van der Waals surface area contributed by atoms with Crippen molar-refractivity contribution in [2.75, 3.05) is 13.2 Å². The maximum absolute atomic E-state index is 11.6. The van der Waals surface area contributed by atoms with Gasteiger partial charge < -0.3 is 50.0 Å². The molecule has 2 rings (SSSR count). The molecule has 132 valence electrons. The van der Waals surface area contributed by atoms with Crippen LogP contribution in [-0.4, -0.2) is 97.8 Å². The second-order valence-corrected chi connectivity index (χ2v) is 5.11. The van der Waals surface area contributed by atoms with Crippen LogP contribution in [0.15, 0.2) is 11.5 Å². The SMILES string of the molecule is O=C1O[C@H]([C@@H](O)CO)C(O)=C1O[C@H]1O[C@H](CO)[C@@H](O)[C@H](O)[C@H]1O. The van der Waals surface area contributed by atoms with E-state index in [1.165, 1.54) is 0 Å². The Morgan fingerprint density at radius 1 is 1.13 bits per heavy atom. The Morgan fingerprint density at radius 3 is 2.35 bits per heavy atom. The highest BCUT2D eigenvalue weighted by Gasteiger charge is 2.48. The molecule has 2 aliphatic heterocycles. The van der Waals surface area contributed by atoms with Crippen molar-refractivity contribution in [1.29, 1.82) is 0 Å². The molecule has 7 atom stereocenters. The minimum absolute atomic E-state index is 0.702. The van der Waals surface area contributed by atoms with Gasteiger partial charge >= 0.3 is 5.97 Å². The Labute approximate surface area is 129 Å². The number of hydrogen-bond donors (Lipinski definition) is 7. The third-order valence-electron chi connectivity index (χ3n) is 3.54. The van der Waals surface area contributed by atoms with Gasteiger partial charge in [0.2, 0.25) is 12.0 Å². The van der Waals surface area contributed by atoms with Crippen LogP contribution in [0, 0.1) is 0 Å². The second-order valence-electron chi connectivity index (χ2n) is 5.11. The Hall–Kier alpha value is -1.47. The number of esters is 1. The average molecular weight is 338 g/mol. The van der Waals surface area contributed by atoms with Gasteiger partial charge in [0.1, 0.15) is 30.5 Å². The van der Waals surface area contributed by atoms with Gasteiger partial charge in [-0.3, -0.25) is 0 Å². The van der Waals surface area contributed by atoms with E-state index in [2.05, 4.69) is 4.74 Å². The fourth-order valence-corrected chi connectivity index (χ4v) is 2.20. The summed E-state index contributed by atoms with van der Waals surface area (Å²) in [7, 11) is 0. The van der Waals surface area contributed by atoms with Gasteiger partial charge in [-0.25, -0.2) is 4.79 Å². The lowest BCUT2D eigenvalue weighted by molar-refractivity contribution is -0.291. The van der Waals surface area contributed by atoms with Gasteiger partial charge in [-0.1, -0.05) is 0 Å². The van der Waals surface area contributed by atoms with Crippen LogP contribution in [0.2, 0.25) is 0 Å². The van der Waals surface area contributed by atoms with Crippen molar-refractivity contribution in [2.45, 2.75) is 42.9 Å². The Kier molecular flexibility index (Phi) is 5.41. The summed E-state index contributed by atoms with van der Waals surface area (Å²) in [5.41, 5.74) is 0. The van der Waals surface area contributed by atoms with Gasteiger partial charge in [0, 0.05) is 0 Å². The van der Waals surface area contributed by atoms with E-state index in [0.29, 0.717) is 0 Å². The van der Waals surface area contributed by atoms with E-state index >= 15 is 0 Å². The first-order valence-electron chi connectivity index (χ1n) is 6.72. The Balaban J connectivity index is 2.16. The summed E-state index contributed by atoms with van der Waals surface area (Å²) in [5.74, 6) is -2.79. The molecule has 0 amide bonds. The van der Waals surface area contributed by atoms with Gasteiger partial charge in [0.05, 0.1) is 13.2 Å². The van der Waals surface area contributed by atoms with E-state index in [4.69, 9.17) is 19.7 Å². The van der Waals surface area contributed by atoms with E-state index < -0.39 is 73.6 Å². The molecule has 0 aromatic rings. The molecular formula is C12H18O11. The zero-order chi connectivity index (χ0) is 17.3. The van der Waals surface area contributed by atoms with Crippen LogP contribution in [-0.2, 0) is 19.0 Å². The van der Waals surface area contributed by atoms with Crippen molar-refractivity contribution in [2.24, 2.45) is 0 Å². The number of ether oxygens (including phenoxy) is 3. The van der Waals surface area contributed by atoms with Crippen LogP contribution in [0.4, 0.5) is 0 Å². The summed E-state index contributed by atoms with van der Waals surface area (Å²) in [6, 6.07) is 0. The molecule has 0 bridgehead atoms. The number of hydrogen-bond acceptors (Lipinski definition) is 11. The largest absolute Gasteiger partial charge is 0.505 e. The van der Waals surface area contributed by atoms with Crippen LogP contribution < -0.4 is 0 Å². The van der Waals surface area contributed by atoms with Gasteiger partial charge in [0.15, 0.2) is 11.9 Å². The number of aliphatic hydroxyl groups excluding tert-OH is 7. The van der Waals surface area contributed by atoms with Crippen molar-refractivity contribution < 1.29 is 54.8 Å². The highest BCUT2D eigenvalue weighted by atomic mass is 16.7. The van der Waals surface area contributed by atoms with Gasteiger partial charge in [0.25, 0.3) is 0 Å². The molecule has 11 heteroatoms. The van der Waals surface area contributed by atoms with Crippen LogP contribution in [0.5, 0.6) is 0 Å². The lowest BCUT2D eigenvalue weighted by Crippen LogP contribution is -2.59. The van der Waals surface area contributed by atoms with Crippen molar-refractivity contribution in [3.8, 4) is 0 Å². The topological polar surface area (TPSA) is 186 Å². The molecule has 0 aromatic heterocycles. The smallest absolute Gasteiger partial charge is 0.378 e. The Morgan fingerprint density at radius 2 is 1.78 bits per heavy atom. The molecule has 0 unspecified atom stereocenters. The summed E-state index contributed by atoms with van der Waals surface area (Å²) >= 11 is 0. The maximum atomic E-state index is 11.6. The standard InChI is InChI=1S/C12H18O11/c13-1-3(15)9-8(19)10(11(20)22-9)23-12-7(18)6(17)5(16)4(2-14)21-12/h3-7,9,12-19H,1-2H2/t3-,4+,5+,6-,7+,9+,12+/m0/s1. The third-order valence-corrected chi connectivity index (χ3v) is 3.54. The molecule has 0 aromatic carbocycles. The molecule has 23 heavy (non-hydrogen) atoms. The highest BCUT2D eigenvalue weighted by Crippen LogP contribution is 2.29. The summed E-state index contributed by atoms with van der Waals surface area (Å²) < 4.78 is 14.6. The molecule has 2 heterocycles. The molecule has 0 saturated carbocycles. The minimum atomic E-state index is -1.79. The number of carbonyl (C=O) groups excluding carboxylic acids is 1. The molecule has 1 saturated heterocycles. The molecular weight excluding hydrogens is 320 g/mol. The fraction of sp³-hybridized carbons (Fsp3) is 0.750. The van der Waals surface area contributed by atoms with E-state index in [1.54, 1.807) is 0 Å². The van der Waals surface area contributed by atoms with Crippen molar-refractivity contribution in [3.05, 3.63) is 11.5 Å². The third kappa shape index (κ3) is 3.26. The zero-order valence-electron chi connectivity index (χ0n) is 11.7. The molecule has 11 nitrogen and oxygen atoms in total. The predicted molar refractivity (Wildman–Crippen MR) is 67.5 cm³/mol. The summed E-state index contributed by atoms with van der Waals surface area (Å²) in [6.45, 7) is -1.50. The van der Waals surface area contributed by atoms with E-state index in [-0.39, 0.29) is 0 Å². The average Bonchev–Trinajstić information content (AvgIpc) is 2.82. The minimum Gasteiger partial charge on any atom is -0.505 e. The molecule has 2 aliphatic rings. The normalized spacial score (nSPS) is 39.3. The number of aliphatic hydroxyl groups is 7. The van der Waals surface area contributed by atoms with E-state index in [1.807, 2.05) is 0 Å². The Bertz CT molecular complexity index is 476. The van der Waals surface area contributed by atoms with Crippen LogP contribution >= 0.6 is 0 Å². The zero-order valence-corrected chi connectivity index (χ0v) is 11.7. The van der Waals surface area contributed by atoms with Crippen LogP contribution in [0.3, 0.4) is 0 Å². The molecule has 0 radical (unpaired) electrons. The van der Waals surface area contributed by atoms with E-state index in [9.17, 15) is 30.3 Å². The summed E-state index contributed by atoms with van der Waals surface area (Å²) in [4.78, 5) is 11.6. The lowest BCUT2D eigenvalue weighted by Gasteiger charge is -2.39. The summed E-state index contributed by atoms with van der Waals surface area (Å²) in [5, 5.41) is 66.1. The monoisotopic (exact) mass is 338 g/mol. The quantitative estimate of drug-likeness (QED) is 0.241. The van der Waals surface area contributed by atoms with Crippen LogP contribution in [0.25, 0.3) is 0 Å². The fourth-order valence-electron chi connectivity index (χ4n) is 2.20. The number of rotatable bonds is 5. The maximum Gasteiger partial charge on any atom is 0.378 e. The molecule has 0 spiro atoms. The highest BCUT2D eigenvalue weighted by molar-refractivity contribution is 5.89. The molecule has 7 N–H and O–H groups in total. The summed E-state index contributed by atoms with van der Waals surface area (Å²) in [6.07, 6.45) is -11.2. The number of carbonyl (C=O) groups is 1. The van der Waals surface area contributed by atoms with Crippen molar-refractivity contribution in [3.63, 3.8) is 0 Å². The predicted octanol–water partition coefficient (Wildman–Crippen LogP) is -4.15. The molecule has 1 fully saturated rings. The first-order valence-corrected chi connectivity index (χ1v) is 6.72. The van der Waals surface area contributed by atoms with Crippen LogP contribution in [0.1, 0.15) is 0 Å². The van der Waals surface area contributed by atoms with Crippen molar-refractivity contribution >= 4 is 5.97 Å². The van der Waals surface area contributed by atoms with Crippen molar-refractivity contribution in [1.82, 2.24) is 0 Å². The lowest BCUT2D eigenvalue weighted by atomic mass is 9.99.